The van der Waals surface area contributed by atoms with Gasteiger partial charge in [0.15, 0.2) is 0 Å². The Balaban J connectivity index is 0.00000840. The van der Waals surface area contributed by atoms with Gasteiger partial charge in [0.05, 0.1) is 38.8 Å². The molecule has 41 heavy (non-hydrogen) atoms. The van der Waals surface area contributed by atoms with E-state index >= 15 is 0 Å². The molecule has 13 nitrogen and oxygen atoms in total. The third-order valence-corrected chi connectivity index (χ3v) is 5.94. The number of nitrogens with two attached hydrogens (primary N) is 1. The number of hydrogen-bond donors (Lipinski definition) is 6. The number of benzene rings is 2. The molecule has 2 aromatic rings. The molecule has 14 heteroatoms. The quantitative estimate of drug-likeness (QED) is 0.154. The van der Waals surface area contributed by atoms with Crippen LogP contribution >= 0.6 is 12.4 Å². The van der Waals surface area contributed by atoms with Crippen LogP contribution in [-0.2, 0) is 72.0 Å². The Bertz CT molecular complexity index is 1310. The fourth-order valence-corrected chi connectivity index (χ4v) is 4.13. The Morgan fingerprint density at radius 2 is 1.10 bits per heavy atom. The Labute approximate surface area is 240 Å². The van der Waals surface area contributed by atoms with Crippen LogP contribution < -0.4 is 11.1 Å². The van der Waals surface area contributed by atoms with Gasteiger partial charge in [0.1, 0.15) is 6.04 Å². The molecule has 2 atom stereocenters. The average Bonchev–Trinajstić information content (AvgIpc) is 2.85. The second-order valence-corrected chi connectivity index (χ2v) is 9.09. The highest BCUT2D eigenvalue weighted by Gasteiger charge is 2.26. The van der Waals surface area contributed by atoms with Gasteiger partial charge >= 0.3 is 29.8 Å². The summed E-state index contributed by atoms with van der Waals surface area (Å²) in [6.45, 7) is 0. The molecule has 222 valence electrons. The summed E-state index contributed by atoms with van der Waals surface area (Å²) in [5.41, 5.74) is 8.13. The van der Waals surface area contributed by atoms with E-state index in [-0.39, 0.29) is 49.2 Å². The first-order valence-electron chi connectivity index (χ1n) is 12.0. The lowest BCUT2D eigenvalue weighted by molar-refractivity contribution is -0.145. The van der Waals surface area contributed by atoms with Crippen LogP contribution in [0.25, 0.3) is 0 Å². The number of aliphatic carboxylic acids is 4. The summed E-state index contributed by atoms with van der Waals surface area (Å²) in [4.78, 5) is 70.0. The van der Waals surface area contributed by atoms with Crippen LogP contribution in [0.3, 0.4) is 0 Å². The lowest BCUT2D eigenvalue weighted by Crippen LogP contribution is -2.50. The van der Waals surface area contributed by atoms with Gasteiger partial charge in [-0.1, -0.05) is 36.4 Å². The molecule has 0 aliphatic carbocycles. The zero-order valence-corrected chi connectivity index (χ0v) is 22.8. The maximum atomic E-state index is 12.9. The van der Waals surface area contributed by atoms with Gasteiger partial charge in [-0.3, -0.25) is 24.0 Å². The fourth-order valence-electron chi connectivity index (χ4n) is 4.13. The van der Waals surface area contributed by atoms with E-state index in [0.717, 1.165) is 7.11 Å². The first-order valence-corrected chi connectivity index (χ1v) is 12.0. The van der Waals surface area contributed by atoms with Crippen molar-refractivity contribution in [2.24, 2.45) is 5.73 Å². The largest absolute Gasteiger partial charge is 0.481 e. The molecular weight excluding hydrogens is 564 g/mol. The number of amides is 1. The average molecular weight is 595 g/mol. The molecule has 0 spiro atoms. The molecule has 2 aromatic carbocycles. The van der Waals surface area contributed by atoms with E-state index in [1.807, 2.05) is 0 Å². The second kappa shape index (κ2) is 15.9. The Morgan fingerprint density at radius 3 is 1.49 bits per heavy atom. The normalized spacial score (nSPS) is 11.9. The highest BCUT2D eigenvalue weighted by atomic mass is 35.5. The highest BCUT2D eigenvalue weighted by molar-refractivity contribution is 5.88. The number of halogens is 1. The number of nitrogens with one attached hydrogen (secondary N) is 1. The van der Waals surface area contributed by atoms with E-state index in [1.165, 1.54) is 36.4 Å². The summed E-state index contributed by atoms with van der Waals surface area (Å²) in [6, 6.07) is 6.53. The number of esters is 1. The van der Waals surface area contributed by atoms with Gasteiger partial charge in [-0.15, -0.1) is 12.4 Å². The van der Waals surface area contributed by atoms with Crippen LogP contribution in [0.15, 0.2) is 36.4 Å². The SMILES string of the molecule is COC(=O)[C@H](Cc1ccc(CC(=O)O)c(CC(=O)O)c1)NC(=O)[C@@H](N)Cc1ccc(CC(=O)O)c(CC(=O)O)c1.Cl. The first-order chi connectivity index (χ1) is 18.8. The van der Waals surface area contributed by atoms with Crippen molar-refractivity contribution < 1.29 is 53.9 Å². The molecule has 0 heterocycles. The maximum absolute atomic E-state index is 12.9. The Morgan fingerprint density at radius 1 is 0.707 bits per heavy atom. The number of carboxylic acid groups (broad SMARTS) is 4. The van der Waals surface area contributed by atoms with Gasteiger partial charge < -0.3 is 36.2 Å². The van der Waals surface area contributed by atoms with Gasteiger partial charge in [-0.05, 0) is 39.8 Å². The molecule has 1 amide bonds. The van der Waals surface area contributed by atoms with Crippen LogP contribution in [0.1, 0.15) is 33.4 Å². The minimum absolute atomic E-state index is 0. The lowest BCUT2D eigenvalue weighted by atomic mass is 9.95. The molecule has 0 radical (unpaired) electrons. The summed E-state index contributed by atoms with van der Waals surface area (Å²) in [5, 5.41) is 39.0. The molecule has 0 unspecified atom stereocenters. The minimum Gasteiger partial charge on any atom is -0.481 e. The van der Waals surface area contributed by atoms with Crippen molar-refractivity contribution >= 4 is 48.2 Å². The predicted octanol–water partition coefficient (Wildman–Crippen LogP) is 0.387. The molecule has 0 fully saturated rings. The highest BCUT2D eigenvalue weighted by Crippen LogP contribution is 2.18. The predicted molar refractivity (Wildman–Crippen MR) is 145 cm³/mol. The monoisotopic (exact) mass is 594 g/mol. The number of hydrogen-bond acceptors (Lipinski definition) is 8. The number of ether oxygens (including phenoxy) is 1. The third-order valence-electron chi connectivity index (χ3n) is 5.94. The molecule has 0 aliphatic heterocycles. The Hall–Kier alpha value is -4.49. The van der Waals surface area contributed by atoms with Crippen LogP contribution in [0.2, 0.25) is 0 Å². The van der Waals surface area contributed by atoms with Crippen LogP contribution in [-0.4, -0.2) is 75.4 Å². The molecule has 2 rings (SSSR count). The second-order valence-electron chi connectivity index (χ2n) is 9.09. The maximum Gasteiger partial charge on any atom is 0.328 e. The van der Waals surface area contributed by atoms with E-state index in [4.69, 9.17) is 25.8 Å². The van der Waals surface area contributed by atoms with E-state index in [1.54, 1.807) is 0 Å². The lowest BCUT2D eigenvalue weighted by Gasteiger charge is -2.20. The first kappa shape index (κ1) is 34.5. The molecule has 0 saturated heterocycles. The van der Waals surface area contributed by atoms with Gasteiger partial charge in [-0.2, -0.15) is 0 Å². The zero-order valence-electron chi connectivity index (χ0n) is 22.0. The van der Waals surface area contributed by atoms with Gasteiger partial charge in [0.2, 0.25) is 5.91 Å². The van der Waals surface area contributed by atoms with Gasteiger partial charge in [-0.25, -0.2) is 4.79 Å². The molecule has 0 aliphatic rings. The number of carbonyl (C=O) groups excluding carboxylic acids is 2. The standard InChI is InChI=1S/C27H30N2O11.ClH/c1-40-27(39)21(9-15-3-5-17(11-23(32)33)19(7-15)13-25(36)37)29-26(38)20(28)8-14-2-4-16(10-22(30)31)18(6-14)12-24(34)35;/h2-7,20-21H,8-13,28H2,1H3,(H,29,38)(H,30,31)(H,32,33)(H,34,35)(H,36,37);1H/t20-,21-;/m0./s1. The van der Waals surface area contributed by atoms with Crippen LogP contribution in [0, 0.1) is 0 Å². The summed E-state index contributed by atoms with van der Waals surface area (Å²) in [6.07, 6.45) is -1.77. The summed E-state index contributed by atoms with van der Waals surface area (Å²) < 4.78 is 4.78. The van der Waals surface area contributed by atoms with Gasteiger partial charge in [0.25, 0.3) is 0 Å². The smallest absolute Gasteiger partial charge is 0.328 e. The summed E-state index contributed by atoms with van der Waals surface area (Å²) >= 11 is 0. The van der Waals surface area contributed by atoms with Crippen LogP contribution in [0.4, 0.5) is 0 Å². The fraction of sp³-hybridized carbons (Fsp3) is 0.333. The van der Waals surface area contributed by atoms with Crippen molar-refractivity contribution in [3.8, 4) is 0 Å². The van der Waals surface area contributed by atoms with Crippen molar-refractivity contribution in [1.82, 2.24) is 5.32 Å². The zero-order chi connectivity index (χ0) is 30.0. The summed E-state index contributed by atoms with van der Waals surface area (Å²) in [5.74, 6) is -6.12. The Kier molecular flexibility index (Phi) is 13.4. The van der Waals surface area contributed by atoms with E-state index in [9.17, 15) is 33.9 Å². The third kappa shape index (κ3) is 11.3. The topological polar surface area (TPSA) is 231 Å². The number of rotatable bonds is 15. The molecular formula is C27H31ClN2O11. The van der Waals surface area contributed by atoms with Crippen LogP contribution in [0.5, 0.6) is 0 Å². The molecule has 0 bridgehead atoms. The van der Waals surface area contributed by atoms with Crippen molar-refractivity contribution in [3.05, 3.63) is 69.8 Å². The van der Waals surface area contributed by atoms with E-state index in [0.29, 0.717) is 22.3 Å². The van der Waals surface area contributed by atoms with Crippen molar-refractivity contribution in [1.29, 1.82) is 0 Å². The van der Waals surface area contributed by atoms with Crippen molar-refractivity contribution in [3.63, 3.8) is 0 Å². The van der Waals surface area contributed by atoms with Gasteiger partial charge in [0, 0.05) is 6.42 Å². The molecule has 0 saturated carbocycles. The number of carboxylic acids is 4. The van der Waals surface area contributed by atoms with E-state index in [2.05, 4.69) is 5.32 Å². The molecule has 0 aromatic heterocycles. The van der Waals surface area contributed by atoms with E-state index < -0.39 is 60.7 Å². The molecule has 7 N–H and O–H groups in total. The van der Waals surface area contributed by atoms with Crippen molar-refractivity contribution in [2.45, 2.75) is 50.6 Å². The minimum atomic E-state index is -1.20. The number of methoxy groups -OCH3 is 1. The summed E-state index contributed by atoms with van der Waals surface area (Å²) in [7, 11) is 1.12. The number of carbonyl (C=O) groups is 6. The van der Waals surface area contributed by atoms with Crippen molar-refractivity contribution in [2.75, 3.05) is 7.11 Å².